The number of benzene rings is 1. The maximum atomic E-state index is 12.8. The van der Waals surface area contributed by atoms with Gasteiger partial charge in [-0.25, -0.2) is 9.59 Å². The van der Waals surface area contributed by atoms with Crippen molar-refractivity contribution < 1.29 is 19.1 Å². The number of para-hydroxylation sites is 1. The molecule has 0 aliphatic heterocycles. The van der Waals surface area contributed by atoms with E-state index in [1.807, 2.05) is 24.3 Å². The largest absolute Gasteiger partial charge is 0.449 e. The van der Waals surface area contributed by atoms with E-state index in [4.69, 9.17) is 4.74 Å². The number of pyridine rings is 1. The van der Waals surface area contributed by atoms with E-state index in [1.54, 1.807) is 0 Å². The Kier molecular flexibility index (Phi) is 4.65. The lowest BCUT2D eigenvalue weighted by atomic mass is 10.0. The molecule has 1 aliphatic carbocycles. The van der Waals surface area contributed by atoms with Crippen molar-refractivity contribution in [2.24, 2.45) is 0 Å². The van der Waals surface area contributed by atoms with Crippen molar-refractivity contribution in [3.05, 3.63) is 41.1 Å². The number of nitrogens with zero attached hydrogens (tertiary/aromatic N) is 1. The number of rotatable bonds is 3. The Morgan fingerprint density at radius 2 is 1.96 bits per heavy atom. The molecule has 3 rings (SSSR count). The van der Waals surface area contributed by atoms with Gasteiger partial charge >= 0.3 is 12.0 Å². The highest BCUT2D eigenvalue weighted by molar-refractivity contribution is 6.06. The third kappa shape index (κ3) is 3.31. The van der Waals surface area contributed by atoms with Crippen LogP contribution in [0.5, 0.6) is 0 Å². The van der Waals surface area contributed by atoms with Gasteiger partial charge in [-0.1, -0.05) is 18.2 Å². The monoisotopic (exact) mass is 341 g/mol. The van der Waals surface area contributed by atoms with E-state index in [1.165, 1.54) is 14.0 Å². The molecule has 2 aromatic rings. The van der Waals surface area contributed by atoms with E-state index < -0.39 is 24.0 Å². The zero-order valence-corrected chi connectivity index (χ0v) is 14.1. The van der Waals surface area contributed by atoms with Crippen LogP contribution in [0.3, 0.4) is 0 Å². The van der Waals surface area contributed by atoms with Gasteiger partial charge in [-0.2, -0.15) is 0 Å². The first-order valence-electron chi connectivity index (χ1n) is 8.15. The molecule has 3 amide bonds. The average molecular weight is 341 g/mol. The number of nitrogens with one attached hydrogen (secondary N) is 2. The standard InChI is InChI=1S/C18H19N3O4/c1-10(16(22)21-18(24)19-2)25-17(23)15-11-6-3-4-8-13(11)20-14-9-5-7-12(14)15/h3-4,6,8,10H,5,7,9H2,1-2H3,(H2,19,21,22,24). The van der Waals surface area contributed by atoms with E-state index >= 15 is 0 Å². The highest BCUT2D eigenvalue weighted by Crippen LogP contribution is 2.30. The summed E-state index contributed by atoms with van der Waals surface area (Å²) in [6.45, 7) is 1.43. The molecular formula is C18H19N3O4. The van der Waals surface area contributed by atoms with Crippen molar-refractivity contribution in [3.8, 4) is 0 Å². The molecule has 0 fully saturated rings. The molecule has 1 aliphatic rings. The fourth-order valence-corrected chi connectivity index (χ4v) is 2.99. The van der Waals surface area contributed by atoms with Crippen molar-refractivity contribution in [1.82, 2.24) is 15.6 Å². The summed E-state index contributed by atoms with van der Waals surface area (Å²) in [4.78, 5) is 40.5. The van der Waals surface area contributed by atoms with E-state index in [0.29, 0.717) is 10.9 Å². The van der Waals surface area contributed by atoms with Crippen LogP contribution in [0.4, 0.5) is 4.79 Å². The molecule has 1 atom stereocenters. The molecule has 0 radical (unpaired) electrons. The summed E-state index contributed by atoms with van der Waals surface area (Å²) in [6.07, 6.45) is 1.43. The van der Waals surface area contributed by atoms with Gasteiger partial charge in [-0.3, -0.25) is 15.1 Å². The minimum absolute atomic E-state index is 0.470. The number of amides is 3. The summed E-state index contributed by atoms with van der Waals surface area (Å²) in [5.74, 6) is -1.25. The summed E-state index contributed by atoms with van der Waals surface area (Å²) >= 11 is 0. The van der Waals surface area contributed by atoms with Crippen LogP contribution in [0, 0.1) is 0 Å². The molecular weight excluding hydrogens is 322 g/mol. The lowest BCUT2D eigenvalue weighted by Gasteiger charge is -2.16. The Morgan fingerprint density at radius 3 is 2.72 bits per heavy atom. The number of hydrogen-bond donors (Lipinski definition) is 2. The first kappa shape index (κ1) is 16.9. The fourth-order valence-electron chi connectivity index (χ4n) is 2.99. The Balaban J connectivity index is 1.90. The van der Waals surface area contributed by atoms with Crippen LogP contribution in [0.25, 0.3) is 10.9 Å². The number of fused-ring (bicyclic) bond motifs is 2. The zero-order valence-electron chi connectivity index (χ0n) is 14.1. The summed E-state index contributed by atoms with van der Waals surface area (Å²) < 4.78 is 5.32. The molecule has 7 nitrogen and oxygen atoms in total. The SMILES string of the molecule is CNC(=O)NC(=O)C(C)OC(=O)c1c2c(nc3ccccc13)CCC2. The number of aryl methyl sites for hydroxylation is 1. The van der Waals surface area contributed by atoms with Crippen LogP contribution in [-0.4, -0.2) is 36.0 Å². The maximum absolute atomic E-state index is 12.8. The van der Waals surface area contributed by atoms with E-state index in [9.17, 15) is 14.4 Å². The van der Waals surface area contributed by atoms with Gasteiger partial charge in [-0.15, -0.1) is 0 Å². The summed E-state index contributed by atoms with van der Waals surface area (Å²) in [5, 5.41) is 5.09. The molecule has 130 valence electrons. The first-order valence-corrected chi connectivity index (χ1v) is 8.15. The van der Waals surface area contributed by atoms with Crippen LogP contribution >= 0.6 is 0 Å². The smallest absolute Gasteiger partial charge is 0.339 e. The molecule has 7 heteroatoms. The number of ether oxygens (including phenoxy) is 1. The van der Waals surface area contributed by atoms with Crippen molar-refractivity contribution in [2.45, 2.75) is 32.3 Å². The second-order valence-corrected chi connectivity index (χ2v) is 5.90. The van der Waals surface area contributed by atoms with Gasteiger partial charge in [0.2, 0.25) is 0 Å². The molecule has 1 aromatic carbocycles. The van der Waals surface area contributed by atoms with Crippen LogP contribution in [-0.2, 0) is 22.4 Å². The van der Waals surface area contributed by atoms with E-state index in [-0.39, 0.29) is 0 Å². The summed E-state index contributed by atoms with van der Waals surface area (Å²) in [5.41, 5.74) is 3.01. The number of imide groups is 1. The zero-order chi connectivity index (χ0) is 18.0. The highest BCUT2D eigenvalue weighted by atomic mass is 16.5. The van der Waals surface area contributed by atoms with Gasteiger partial charge in [-0.05, 0) is 37.8 Å². The van der Waals surface area contributed by atoms with Crippen molar-refractivity contribution in [1.29, 1.82) is 0 Å². The molecule has 25 heavy (non-hydrogen) atoms. The number of urea groups is 1. The molecule has 0 saturated heterocycles. The third-order valence-electron chi connectivity index (χ3n) is 4.24. The number of esters is 1. The van der Waals surface area contributed by atoms with Gasteiger partial charge in [0.15, 0.2) is 6.10 Å². The number of hydrogen-bond acceptors (Lipinski definition) is 5. The van der Waals surface area contributed by atoms with Gasteiger partial charge in [0.25, 0.3) is 5.91 Å². The molecule has 2 N–H and O–H groups in total. The molecule has 0 bridgehead atoms. The molecule has 1 unspecified atom stereocenters. The molecule has 0 saturated carbocycles. The quantitative estimate of drug-likeness (QED) is 0.829. The van der Waals surface area contributed by atoms with E-state index in [0.717, 1.165) is 36.0 Å². The summed E-state index contributed by atoms with van der Waals surface area (Å²) in [7, 11) is 1.39. The highest BCUT2D eigenvalue weighted by Gasteiger charge is 2.27. The van der Waals surface area contributed by atoms with Crippen LogP contribution in [0.1, 0.15) is 35.0 Å². The normalized spacial score (nSPS) is 13.8. The molecule has 0 spiro atoms. The lowest BCUT2D eigenvalue weighted by Crippen LogP contribution is -2.43. The predicted molar refractivity (Wildman–Crippen MR) is 91.2 cm³/mol. The Morgan fingerprint density at radius 1 is 1.20 bits per heavy atom. The van der Waals surface area contributed by atoms with Crippen molar-refractivity contribution in [2.75, 3.05) is 7.05 Å². The summed E-state index contributed by atoms with van der Waals surface area (Å²) in [6, 6.07) is 6.73. The second-order valence-electron chi connectivity index (χ2n) is 5.90. The van der Waals surface area contributed by atoms with Crippen LogP contribution in [0.2, 0.25) is 0 Å². The second kappa shape index (κ2) is 6.88. The third-order valence-corrected chi connectivity index (χ3v) is 4.24. The minimum Gasteiger partial charge on any atom is -0.449 e. The van der Waals surface area contributed by atoms with E-state index in [2.05, 4.69) is 15.6 Å². The first-order chi connectivity index (χ1) is 12.0. The predicted octanol–water partition coefficient (Wildman–Crippen LogP) is 1.72. The fraction of sp³-hybridized carbons (Fsp3) is 0.333. The van der Waals surface area contributed by atoms with Crippen molar-refractivity contribution >= 4 is 28.8 Å². The minimum atomic E-state index is -1.09. The Labute approximate surface area is 144 Å². The Bertz CT molecular complexity index is 863. The van der Waals surface area contributed by atoms with Crippen molar-refractivity contribution in [3.63, 3.8) is 0 Å². The number of carbonyl (C=O) groups excluding carboxylic acids is 3. The molecule has 1 heterocycles. The average Bonchev–Trinajstić information content (AvgIpc) is 3.06. The lowest BCUT2D eigenvalue weighted by molar-refractivity contribution is -0.127. The van der Waals surface area contributed by atoms with Gasteiger partial charge in [0, 0.05) is 18.1 Å². The Hall–Kier alpha value is -2.96. The maximum Gasteiger partial charge on any atom is 0.339 e. The van der Waals surface area contributed by atoms with Crippen LogP contribution < -0.4 is 10.6 Å². The van der Waals surface area contributed by atoms with Gasteiger partial charge < -0.3 is 10.1 Å². The topological polar surface area (TPSA) is 97.4 Å². The molecule has 1 aromatic heterocycles. The van der Waals surface area contributed by atoms with Gasteiger partial charge in [0.1, 0.15) is 0 Å². The van der Waals surface area contributed by atoms with Gasteiger partial charge in [0.05, 0.1) is 11.1 Å². The van der Waals surface area contributed by atoms with Crippen LogP contribution in [0.15, 0.2) is 24.3 Å². The number of carbonyl (C=O) groups is 3. The number of aromatic nitrogens is 1.